The molecule has 0 radical (unpaired) electrons. The Morgan fingerprint density at radius 1 is 0.387 bits per heavy atom. The number of nitrogens with zero attached hydrogens (tertiary/aromatic N) is 5. The molecule has 0 saturated carbocycles. The third-order valence-electron chi connectivity index (χ3n) is 16.5. The van der Waals surface area contributed by atoms with E-state index >= 15 is 0 Å². The Labute approximate surface area is 437 Å². The number of benzene rings is 10. The first kappa shape index (κ1) is 43.5. The van der Waals surface area contributed by atoms with Gasteiger partial charge in [0.2, 0.25) is 0 Å². The fourth-order valence-electron chi connectivity index (χ4n) is 12.9. The van der Waals surface area contributed by atoms with Crippen molar-refractivity contribution in [2.45, 2.75) is 52.4 Å². The summed E-state index contributed by atoms with van der Waals surface area (Å²) in [6.07, 6.45) is 0. The summed E-state index contributed by atoms with van der Waals surface area (Å²) in [4.78, 5) is 4.91. The van der Waals surface area contributed by atoms with Crippen LogP contribution in [0.3, 0.4) is 0 Å². The predicted molar refractivity (Wildman–Crippen MR) is 316 cm³/mol. The number of para-hydroxylation sites is 3. The first-order valence-corrected chi connectivity index (χ1v) is 26.3. The zero-order valence-electron chi connectivity index (χ0n) is 42.9. The first-order chi connectivity index (χ1) is 36.4. The maximum Gasteiger partial charge on any atom is 0.252 e. The second-order valence-electron chi connectivity index (χ2n) is 22.9. The summed E-state index contributed by atoms with van der Waals surface area (Å²) < 4.78 is 4.95. The Morgan fingerprint density at radius 3 is 1.59 bits per heavy atom. The van der Waals surface area contributed by atoms with Crippen LogP contribution in [0.15, 0.2) is 206 Å². The summed E-state index contributed by atoms with van der Waals surface area (Å²) in [6.45, 7) is 13.7. The number of fused-ring (bicyclic) bond motifs is 12. The van der Waals surface area contributed by atoms with Crippen LogP contribution in [0.5, 0.6) is 0 Å². The number of aromatic nitrogens is 2. The molecule has 0 amide bonds. The van der Waals surface area contributed by atoms with Crippen LogP contribution in [-0.4, -0.2) is 15.8 Å². The van der Waals surface area contributed by atoms with Crippen LogP contribution < -0.4 is 26.2 Å². The van der Waals surface area contributed by atoms with E-state index in [0.29, 0.717) is 5.56 Å². The molecule has 0 unspecified atom stereocenters. The summed E-state index contributed by atoms with van der Waals surface area (Å²) >= 11 is 0. The number of rotatable bonds is 4. The van der Waals surface area contributed by atoms with Crippen molar-refractivity contribution in [1.82, 2.24) is 9.13 Å². The molecular formula is C69H52BN5. The topological polar surface area (TPSA) is 40.1 Å². The minimum absolute atomic E-state index is 0.0129. The van der Waals surface area contributed by atoms with Crippen molar-refractivity contribution in [2.75, 3.05) is 9.80 Å². The van der Waals surface area contributed by atoms with Gasteiger partial charge in [-0.3, -0.25) is 0 Å². The molecular weight excluding hydrogens is 910 g/mol. The summed E-state index contributed by atoms with van der Waals surface area (Å²) in [5, 5.41) is 16.1. The lowest BCUT2D eigenvalue weighted by atomic mass is 9.33. The summed E-state index contributed by atoms with van der Waals surface area (Å²) in [6, 6.07) is 79.1. The molecule has 0 aliphatic carbocycles. The molecule has 6 heteroatoms. The Balaban J connectivity index is 0.987. The van der Waals surface area contributed by atoms with Crippen molar-refractivity contribution >= 4 is 101 Å². The summed E-state index contributed by atoms with van der Waals surface area (Å²) in [5.74, 6) is 0. The first-order valence-electron chi connectivity index (χ1n) is 26.3. The van der Waals surface area contributed by atoms with Gasteiger partial charge in [0, 0.05) is 50.0 Å². The lowest BCUT2D eigenvalue weighted by Crippen LogP contribution is -2.61. The summed E-state index contributed by atoms with van der Waals surface area (Å²) in [7, 11) is 0. The molecule has 3 aliphatic rings. The second kappa shape index (κ2) is 15.5. The molecule has 0 spiro atoms. The van der Waals surface area contributed by atoms with E-state index in [1.165, 1.54) is 82.3 Å². The van der Waals surface area contributed by atoms with Crippen LogP contribution in [0.2, 0.25) is 0 Å². The molecule has 356 valence electrons. The quantitative estimate of drug-likeness (QED) is 0.165. The third kappa shape index (κ3) is 6.25. The van der Waals surface area contributed by atoms with Gasteiger partial charge in [0.25, 0.3) is 6.71 Å². The molecule has 5 nitrogen and oxygen atoms in total. The molecule has 10 aromatic carbocycles. The van der Waals surface area contributed by atoms with Gasteiger partial charge in [0.05, 0.1) is 50.8 Å². The van der Waals surface area contributed by atoms with E-state index in [1.54, 1.807) is 0 Å². The van der Waals surface area contributed by atoms with Gasteiger partial charge in [0.1, 0.15) is 0 Å². The van der Waals surface area contributed by atoms with Crippen LogP contribution in [-0.2, 0) is 10.8 Å². The minimum atomic E-state index is -0.124. The van der Waals surface area contributed by atoms with E-state index in [9.17, 15) is 5.26 Å². The Kier molecular flexibility index (Phi) is 8.99. The lowest BCUT2D eigenvalue weighted by molar-refractivity contribution is 0.590. The largest absolute Gasteiger partial charge is 0.311 e. The molecule has 15 rings (SSSR count). The second-order valence-corrected chi connectivity index (χ2v) is 22.9. The van der Waals surface area contributed by atoms with E-state index in [2.05, 4.69) is 273 Å². The molecule has 0 saturated heterocycles. The maximum atomic E-state index is 11.1. The normalized spacial score (nSPS) is 13.4. The number of hydrogen-bond donors (Lipinski definition) is 0. The highest BCUT2D eigenvalue weighted by molar-refractivity contribution is 7.00. The molecule has 5 heterocycles. The predicted octanol–water partition coefficient (Wildman–Crippen LogP) is 16.1. The smallest absolute Gasteiger partial charge is 0.252 e. The number of nitriles is 1. The van der Waals surface area contributed by atoms with E-state index in [4.69, 9.17) is 0 Å². The Hall–Kier alpha value is -9.05. The Morgan fingerprint density at radius 2 is 0.933 bits per heavy atom. The van der Waals surface area contributed by atoms with Crippen molar-refractivity contribution in [2.24, 2.45) is 0 Å². The third-order valence-corrected chi connectivity index (χ3v) is 16.5. The van der Waals surface area contributed by atoms with E-state index in [0.717, 1.165) is 56.6 Å². The Bertz CT molecular complexity index is 4370. The van der Waals surface area contributed by atoms with E-state index in [-0.39, 0.29) is 17.5 Å². The van der Waals surface area contributed by atoms with Crippen LogP contribution in [0.1, 0.15) is 58.2 Å². The highest BCUT2D eigenvalue weighted by atomic mass is 15.2. The van der Waals surface area contributed by atoms with Crippen molar-refractivity contribution in [3.05, 3.63) is 223 Å². The van der Waals surface area contributed by atoms with Crippen molar-refractivity contribution in [1.29, 1.82) is 5.26 Å². The van der Waals surface area contributed by atoms with E-state index in [1.807, 2.05) is 0 Å². The fourth-order valence-corrected chi connectivity index (χ4v) is 12.9. The lowest BCUT2D eigenvalue weighted by Gasteiger charge is -2.46. The zero-order valence-corrected chi connectivity index (χ0v) is 42.9. The SMILES string of the molecule is CC(C)(C)c1ccc2c(c1)c1cc(C(C)(C)C)ccc1n2-c1ccc2c(c1)N(c1ccc(-c3ccc(-c4ccccc4)cc3)cc1)c1cc(C#N)cc3c1B2c1cccc2c1N3c1cccc3c4ccccc4n-2c13. The van der Waals surface area contributed by atoms with E-state index < -0.39 is 0 Å². The van der Waals surface area contributed by atoms with Crippen molar-refractivity contribution in [3.63, 3.8) is 0 Å². The highest BCUT2D eigenvalue weighted by Crippen LogP contribution is 2.53. The van der Waals surface area contributed by atoms with Crippen molar-refractivity contribution in [3.8, 4) is 39.7 Å². The monoisotopic (exact) mass is 961 g/mol. The molecule has 2 aromatic heterocycles. The van der Waals surface area contributed by atoms with Crippen molar-refractivity contribution < 1.29 is 0 Å². The summed E-state index contributed by atoms with van der Waals surface area (Å²) in [5.41, 5.74) is 25.0. The molecule has 0 bridgehead atoms. The average Bonchev–Trinajstić information content (AvgIpc) is 3.99. The van der Waals surface area contributed by atoms with Gasteiger partial charge < -0.3 is 18.9 Å². The molecule has 75 heavy (non-hydrogen) atoms. The van der Waals surface area contributed by atoms with Gasteiger partial charge in [-0.05, 0) is 139 Å². The van der Waals surface area contributed by atoms with Gasteiger partial charge >= 0.3 is 0 Å². The van der Waals surface area contributed by atoms with Crippen LogP contribution in [0.25, 0.3) is 77.2 Å². The standard InChI is InChI=1S/C69H52BN5/c1-68(2,3)47-28-34-58-53(38-47)54-39-48(69(4,5)6)29-35-59(54)73(58)50-32-33-55-62(40-50)72(49-30-26-46(27-31-49)45-24-22-44(23-25-45)43-14-8-7-9-15-43)63-36-42(41-71)37-64-65(63)70(55)56-18-13-21-61-67(56)75(64)60-20-12-17-52-51-16-10-11-19-57(51)74(61)66(52)60/h7-40H,1-6H3. The molecule has 0 fully saturated rings. The van der Waals surface area contributed by atoms with Gasteiger partial charge in [-0.15, -0.1) is 0 Å². The van der Waals surface area contributed by atoms with Gasteiger partial charge in [-0.2, -0.15) is 5.26 Å². The maximum absolute atomic E-state index is 11.1. The van der Waals surface area contributed by atoms with Crippen LogP contribution in [0.4, 0.5) is 34.1 Å². The van der Waals surface area contributed by atoms with Gasteiger partial charge in [0.15, 0.2) is 0 Å². The van der Waals surface area contributed by atoms with Gasteiger partial charge in [-0.25, -0.2) is 0 Å². The molecule has 12 aromatic rings. The zero-order chi connectivity index (χ0) is 50.6. The molecule has 0 N–H and O–H groups in total. The van der Waals surface area contributed by atoms with Crippen LogP contribution >= 0.6 is 0 Å². The highest BCUT2D eigenvalue weighted by Gasteiger charge is 2.46. The molecule has 0 atom stereocenters. The van der Waals surface area contributed by atoms with Crippen LogP contribution in [0, 0.1) is 11.3 Å². The number of anilines is 6. The average molecular weight is 962 g/mol. The van der Waals surface area contributed by atoms with Gasteiger partial charge in [-0.1, -0.05) is 169 Å². The minimum Gasteiger partial charge on any atom is -0.311 e. The number of hydrogen-bond acceptors (Lipinski definition) is 3. The molecule has 3 aliphatic heterocycles. The fraction of sp³-hybridized carbons (Fsp3) is 0.116.